The SMILES string of the molecule is CSCC(C)N(C)CCOCCN. The molecule has 0 rings (SSSR count). The molecule has 1 atom stereocenters. The Morgan fingerprint density at radius 2 is 2.15 bits per heavy atom. The molecule has 2 N–H and O–H groups in total. The Morgan fingerprint density at radius 3 is 2.69 bits per heavy atom. The molecule has 1 unspecified atom stereocenters. The Morgan fingerprint density at radius 1 is 1.46 bits per heavy atom. The van der Waals surface area contributed by atoms with Gasteiger partial charge in [0.2, 0.25) is 0 Å². The molecule has 0 aromatic heterocycles. The third-order valence-electron chi connectivity index (χ3n) is 2.01. The molecule has 0 aliphatic heterocycles. The quantitative estimate of drug-likeness (QED) is 0.592. The van der Waals surface area contributed by atoms with Crippen LogP contribution in [0.2, 0.25) is 0 Å². The predicted molar refractivity (Wildman–Crippen MR) is 60.3 cm³/mol. The second-order valence-electron chi connectivity index (χ2n) is 3.19. The van der Waals surface area contributed by atoms with E-state index in [0.29, 0.717) is 19.2 Å². The van der Waals surface area contributed by atoms with Gasteiger partial charge in [-0.25, -0.2) is 0 Å². The predicted octanol–water partition coefficient (Wildman–Crippen LogP) is 0.645. The van der Waals surface area contributed by atoms with E-state index in [4.69, 9.17) is 10.5 Å². The van der Waals surface area contributed by atoms with Crippen molar-refractivity contribution in [1.82, 2.24) is 4.90 Å². The van der Waals surface area contributed by atoms with Crippen molar-refractivity contribution in [2.75, 3.05) is 45.4 Å². The number of hydrogen-bond acceptors (Lipinski definition) is 4. The van der Waals surface area contributed by atoms with Gasteiger partial charge in [0.15, 0.2) is 0 Å². The van der Waals surface area contributed by atoms with Crippen LogP contribution >= 0.6 is 11.8 Å². The maximum Gasteiger partial charge on any atom is 0.0594 e. The van der Waals surface area contributed by atoms with Crippen molar-refractivity contribution in [2.24, 2.45) is 5.73 Å². The fourth-order valence-corrected chi connectivity index (χ4v) is 1.72. The molecule has 0 heterocycles. The maximum absolute atomic E-state index is 5.31. The summed E-state index contributed by atoms with van der Waals surface area (Å²) in [6.45, 7) is 5.29. The van der Waals surface area contributed by atoms with Gasteiger partial charge >= 0.3 is 0 Å². The van der Waals surface area contributed by atoms with Crippen LogP contribution in [-0.4, -0.2) is 56.3 Å². The second-order valence-corrected chi connectivity index (χ2v) is 4.10. The summed E-state index contributed by atoms with van der Waals surface area (Å²) >= 11 is 1.88. The van der Waals surface area contributed by atoms with Crippen LogP contribution in [0.1, 0.15) is 6.92 Å². The first-order chi connectivity index (χ1) is 6.22. The zero-order valence-corrected chi connectivity index (χ0v) is 9.77. The number of rotatable bonds is 8. The Kier molecular flexibility index (Phi) is 8.97. The van der Waals surface area contributed by atoms with E-state index in [2.05, 4.69) is 25.1 Å². The van der Waals surface area contributed by atoms with Crippen LogP contribution < -0.4 is 5.73 Å². The first-order valence-corrected chi connectivity index (χ1v) is 6.08. The molecule has 0 saturated carbocycles. The van der Waals surface area contributed by atoms with Gasteiger partial charge in [0, 0.05) is 24.9 Å². The van der Waals surface area contributed by atoms with Gasteiger partial charge in [0.05, 0.1) is 13.2 Å². The van der Waals surface area contributed by atoms with E-state index in [9.17, 15) is 0 Å². The molecular weight excluding hydrogens is 184 g/mol. The standard InChI is InChI=1S/C9H22N2OS/c1-9(8-13-3)11(2)5-7-12-6-4-10/h9H,4-8,10H2,1-3H3. The highest BCUT2D eigenvalue weighted by atomic mass is 32.2. The van der Waals surface area contributed by atoms with E-state index in [1.165, 1.54) is 5.75 Å². The molecule has 13 heavy (non-hydrogen) atoms. The van der Waals surface area contributed by atoms with E-state index in [0.717, 1.165) is 13.2 Å². The van der Waals surface area contributed by atoms with Gasteiger partial charge in [0.25, 0.3) is 0 Å². The van der Waals surface area contributed by atoms with E-state index >= 15 is 0 Å². The Hall–Kier alpha value is 0.230. The average Bonchev–Trinajstić information content (AvgIpc) is 2.12. The van der Waals surface area contributed by atoms with E-state index in [-0.39, 0.29) is 0 Å². The third-order valence-corrected chi connectivity index (χ3v) is 2.83. The van der Waals surface area contributed by atoms with Crippen molar-refractivity contribution in [2.45, 2.75) is 13.0 Å². The lowest BCUT2D eigenvalue weighted by molar-refractivity contribution is 0.109. The third kappa shape index (κ3) is 7.31. The molecule has 0 bridgehead atoms. The Balaban J connectivity index is 3.32. The normalized spacial score (nSPS) is 13.6. The highest BCUT2D eigenvalue weighted by Crippen LogP contribution is 2.02. The smallest absolute Gasteiger partial charge is 0.0594 e. The number of likely N-dealkylation sites (N-methyl/N-ethyl adjacent to an activating group) is 1. The van der Waals surface area contributed by atoms with Gasteiger partial charge in [0.1, 0.15) is 0 Å². The van der Waals surface area contributed by atoms with Crippen LogP contribution in [0.25, 0.3) is 0 Å². The van der Waals surface area contributed by atoms with Gasteiger partial charge in [-0.3, -0.25) is 0 Å². The van der Waals surface area contributed by atoms with Crippen LogP contribution in [0.3, 0.4) is 0 Å². The summed E-state index contributed by atoms with van der Waals surface area (Å²) in [5, 5.41) is 0. The molecule has 0 radical (unpaired) electrons. The molecule has 3 nitrogen and oxygen atoms in total. The molecule has 4 heteroatoms. The zero-order chi connectivity index (χ0) is 10.1. The van der Waals surface area contributed by atoms with Crippen molar-refractivity contribution >= 4 is 11.8 Å². The van der Waals surface area contributed by atoms with E-state index < -0.39 is 0 Å². The topological polar surface area (TPSA) is 38.5 Å². The minimum atomic E-state index is 0.615. The lowest BCUT2D eigenvalue weighted by Crippen LogP contribution is -2.34. The fraction of sp³-hybridized carbons (Fsp3) is 1.00. The van der Waals surface area contributed by atoms with Crippen LogP contribution in [0.5, 0.6) is 0 Å². The second kappa shape index (κ2) is 8.81. The average molecular weight is 206 g/mol. The summed E-state index contributed by atoms with van der Waals surface area (Å²) in [6.07, 6.45) is 2.13. The Labute approximate surface area is 86.0 Å². The van der Waals surface area contributed by atoms with Gasteiger partial charge in [-0.15, -0.1) is 0 Å². The minimum absolute atomic E-state index is 0.615. The van der Waals surface area contributed by atoms with E-state index in [1.54, 1.807) is 0 Å². The Bertz CT molecular complexity index is 114. The van der Waals surface area contributed by atoms with Crippen LogP contribution in [0.4, 0.5) is 0 Å². The molecule has 80 valence electrons. The van der Waals surface area contributed by atoms with Crippen molar-refractivity contribution < 1.29 is 4.74 Å². The first-order valence-electron chi connectivity index (χ1n) is 4.69. The van der Waals surface area contributed by atoms with Crippen molar-refractivity contribution in [3.63, 3.8) is 0 Å². The fourth-order valence-electron chi connectivity index (χ4n) is 0.983. The highest BCUT2D eigenvalue weighted by Gasteiger charge is 2.06. The maximum atomic E-state index is 5.31. The van der Waals surface area contributed by atoms with Gasteiger partial charge < -0.3 is 15.4 Å². The molecule has 0 amide bonds. The number of nitrogens with zero attached hydrogens (tertiary/aromatic N) is 1. The number of nitrogens with two attached hydrogens (primary N) is 1. The van der Waals surface area contributed by atoms with Crippen LogP contribution in [0, 0.1) is 0 Å². The molecule has 0 aliphatic carbocycles. The zero-order valence-electron chi connectivity index (χ0n) is 8.95. The van der Waals surface area contributed by atoms with E-state index in [1.807, 2.05) is 11.8 Å². The van der Waals surface area contributed by atoms with Crippen molar-refractivity contribution in [3.05, 3.63) is 0 Å². The van der Waals surface area contributed by atoms with Crippen molar-refractivity contribution in [1.29, 1.82) is 0 Å². The lowest BCUT2D eigenvalue weighted by atomic mass is 10.3. The van der Waals surface area contributed by atoms with Gasteiger partial charge in [-0.1, -0.05) is 0 Å². The van der Waals surface area contributed by atoms with Crippen molar-refractivity contribution in [3.8, 4) is 0 Å². The summed E-state index contributed by atoms with van der Waals surface area (Å²) in [5.74, 6) is 1.17. The number of ether oxygens (including phenoxy) is 1. The molecule has 0 spiro atoms. The van der Waals surface area contributed by atoms with Crippen LogP contribution in [0.15, 0.2) is 0 Å². The largest absolute Gasteiger partial charge is 0.379 e. The molecule has 0 fully saturated rings. The molecular formula is C9H22N2OS. The first kappa shape index (κ1) is 13.2. The summed E-state index contributed by atoms with van der Waals surface area (Å²) in [4.78, 5) is 2.31. The monoisotopic (exact) mass is 206 g/mol. The molecule has 0 saturated heterocycles. The minimum Gasteiger partial charge on any atom is -0.379 e. The molecule has 0 aromatic rings. The highest BCUT2D eigenvalue weighted by molar-refractivity contribution is 7.98. The number of hydrogen-bond donors (Lipinski definition) is 1. The molecule has 0 aromatic carbocycles. The number of thioether (sulfide) groups is 1. The summed E-state index contributed by atoms with van der Waals surface area (Å²) in [5.41, 5.74) is 5.31. The van der Waals surface area contributed by atoms with Gasteiger partial charge in [-0.05, 0) is 20.2 Å². The van der Waals surface area contributed by atoms with Gasteiger partial charge in [-0.2, -0.15) is 11.8 Å². The molecule has 0 aliphatic rings. The summed E-state index contributed by atoms with van der Waals surface area (Å²) in [7, 11) is 2.13. The summed E-state index contributed by atoms with van der Waals surface area (Å²) in [6, 6.07) is 0.622. The van der Waals surface area contributed by atoms with Crippen LogP contribution in [-0.2, 0) is 4.74 Å². The summed E-state index contributed by atoms with van der Waals surface area (Å²) < 4.78 is 5.31. The lowest BCUT2D eigenvalue weighted by Gasteiger charge is -2.23.